The van der Waals surface area contributed by atoms with Crippen LogP contribution in [0, 0.1) is 0 Å². The van der Waals surface area contributed by atoms with E-state index in [4.69, 9.17) is 0 Å². The molecule has 1 aromatic heterocycles. The number of pyridine rings is 1. The molecule has 0 atom stereocenters. The highest BCUT2D eigenvalue weighted by atomic mass is 79.9. The lowest BCUT2D eigenvalue weighted by Crippen LogP contribution is -2.24. The molecule has 3 rings (SSSR count). The third kappa shape index (κ3) is 3.11. The van der Waals surface area contributed by atoms with Crippen molar-refractivity contribution in [1.29, 1.82) is 0 Å². The molecule has 1 aliphatic heterocycles. The van der Waals surface area contributed by atoms with Gasteiger partial charge in [0.05, 0.1) is 0 Å². The topological polar surface area (TPSA) is 28.2 Å². The van der Waals surface area contributed by atoms with E-state index in [0.717, 1.165) is 29.8 Å². The molecular weight excluding hydrogens is 326 g/mol. The second kappa shape index (κ2) is 6.16. The van der Waals surface area contributed by atoms with Gasteiger partial charge < -0.3 is 10.2 Å². The molecule has 1 aromatic carbocycles. The van der Waals surface area contributed by atoms with Gasteiger partial charge in [-0.2, -0.15) is 0 Å². The van der Waals surface area contributed by atoms with E-state index in [1.54, 1.807) is 0 Å². The number of nitrogens with zero attached hydrogens (tertiary/aromatic N) is 2. The summed E-state index contributed by atoms with van der Waals surface area (Å²) in [5, 5.41) is 3.49. The summed E-state index contributed by atoms with van der Waals surface area (Å²) < 4.78 is 1.03. The summed E-state index contributed by atoms with van der Waals surface area (Å²) in [4.78, 5) is 7.01. The largest absolute Gasteiger partial charge is 0.326 e. The van der Waals surface area contributed by atoms with Crippen LogP contribution in [0.2, 0.25) is 0 Å². The maximum atomic E-state index is 4.68. The zero-order valence-electron chi connectivity index (χ0n) is 12.4. The number of halogens is 1. The summed E-state index contributed by atoms with van der Waals surface area (Å²) in [6, 6.07) is 11.2. The Balaban J connectivity index is 1.95. The molecule has 110 valence electrons. The van der Waals surface area contributed by atoms with Crippen molar-refractivity contribution in [2.45, 2.75) is 32.9 Å². The third-order valence-electron chi connectivity index (χ3n) is 3.75. The Morgan fingerprint density at radius 2 is 2.14 bits per heavy atom. The zero-order valence-corrected chi connectivity index (χ0v) is 14.0. The molecule has 3 nitrogen and oxygen atoms in total. The minimum atomic E-state index is 0.461. The number of rotatable bonds is 4. The Hall–Kier alpha value is -1.39. The maximum absolute atomic E-state index is 4.68. The first kappa shape index (κ1) is 14.5. The first-order valence-corrected chi connectivity index (χ1v) is 8.17. The molecule has 0 saturated heterocycles. The van der Waals surface area contributed by atoms with Crippen molar-refractivity contribution in [1.82, 2.24) is 10.3 Å². The monoisotopic (exact) mass is 345 g/mol. The lowest BCUT2D eigenvalue weighted by Gasteiger charge is -2.22. The van der Waals surface area contributed by atoms with Crippen molar-refractivity contribution >= 4 is 27.4 Å². The SMILES string of the molecule is CC(C)NCc1cc(Br)cnc1N1CCc2ccccc21. The van der Waals surface area contributed by atoms with Crippen LogP contribution in [0.4, 0.5) is 11.5 Å². The van der Waals surface area contributed by atoms with Crippen molar-refractivity contribution < 1.29 is 0 Å². The van der Waals surface area contributed by atoms with E-state index in [-0.39, 0.29) is 0 Å². The van der Waals surface area contributed by atoms with Crippen molar-refractivity contribution in [2.75, 3.05) is 11.4 Å². The number of nitrogens with one attached hydrogen (secondary N) is 1. The number of fused-ring (bicyclic) bond motifs is 1. The molecule has 0 fully saturated rings. The molecule has 0 radical (unpaired) electrons. The lowest BCUT2D eigenvalue weighted by molar-refractivity contribution is 0.587. The van der Waals surface area contributed by atoms with Crippen LogP contribution >= 0.6 is 15.9 Å². The first-order chi connectivity index (χ1) is 10.1. The second-order valence-electron chi connectivity index (χ2n) is 5.70. The van der Waals surface area contributed by atoms with Crippen molar-refractivity contribution in [3.8, 4) is 0 Å². The Kier molecular flexibility index (Phi) is 4.27. The van der Waals surface area contributed by atoms with Gasteiger partial charge in [0.2, 0.25) is 0 Å². The summed E-state index contributed by atoms with van der Waals surface area (Å²) in [5.74, 6) is 1.07. The Morgan fingerprint density at radius 3 is 2.95 bits per heavy atom. The fourth-order valence-electron chi connectivity index (χ4n) is 2.72. The second-order valence-corrected chi connectivity index (χ2v) is 6.62. The van der Waals surface area contributed by atoms with Crippen LogP contribution in [0.15, 0.2) is 41.0 Å². The standard InChI is InChI=1S/C17H20BrN3/c1-12(2)19-10-14-9-15(18)11-20-17(14)21-8-7-13-5-3-4-6-16(13)21/h3-6,9,11-12,19H,7-8,10H2,1-2H3. The Bertz CT molecular complexity index is 640. The molecule has 0 bridgehead atoms. The quantitative estimate of drug-likeness (QED) is 0.906. The van der Waals surface area contributed by atoms with E-state index in [1.165, 1.54) is 16.8 Å². The van der Waals surface area contributed by atoms with Crippen LogP contribution in [-0.2, 0) is 13.0 Å². The minimum absolute atomic E-state index is 0.461. The van der Waals surface area contributed by atoms with Gasteiger partial charge in [-0.25, -0.2) is 4.98 Å². The van der Waals surface area contributed by atoms with Crippen LogP contribution in [0.1, 0.15) is 25.0 Å². The van der Waals surface area contributed by atoms with Crippen molar-refractivity contribution in [2.24, 2.45) is 0 Å². The van der Waals surface area contributed by atoms with Gasteiger partial charge >= 0.3 is 0 Å². The van der Waals surface area contributed by atoms with E-state index in [1.807, 2.05) is 6.20 Å². The van der Waals surface area contributed by atoms with Crippen LogP contribution in [0.3, 0.4) is 0 Å². The normalized spacial score (nSPS) is 13.8. The summed E-state index contributed by atoms with van der Waals surface area (Å²) in [6.45, 7) is 6.16. The highest BCUT2D eigenvalue weighted by molar-refractivity contribution is 9.10. The molecule has 0 unspecified atom stereocenters. The maximum Gasteiger partial charge on any atom is 0.137 e. The highest BCUT2D eigenvalue weighted by Gasteiger charge is 2.23. The zero-order chi connectivity index (χ0) is 14.8. The van der Waals surface area contributed by atoms with Crippen molar-refractivity contribution in [3.05, 3.63) is 52.1 Å². The molecule has 0 saturated carbocycles. The van der Waals surface area contributed by atoms with Crippen LogP contribution in [-0.4, -0.2) is 17.6 Å². The van der Waals surface area contributed by atoms with Crippen molar-refractivity contribution in [3.63, 3.8) is 0 Å². The molecule has 1 aliphatic rings. The van der Waals surface area contributed by atoms with E-state index < -0.39 is 0 Å². The molecule has 1 N–H and O–H groups in total. The van der Waals surface area contributed by atoms with E-state index in [0.29, 0.717) is 6.04 Å². The molecule has 0 amide bonds. The fourth-order valence-corrected chi connectivity index (χ4v) is 3.10. The lowest BCUT2D eigenvalue weighted by atomic mass is 10.2. The molecule has 4 heteroatoms. The van der Waals surface area contributed by atoms with Crippen LogP contribution in [0.5, 0.6) is 0 Å². The Labute approximate surface area is 134 Å². The molecule has 21 heavy (non-hydrogen) atoms. The average molecular weight is 346 g/mol. The fraction of sp³-hybridized carbons (Fsp3) is 0.353. The summed E-state index contributed by atoms with van der Waals surface area (Å²) in [5.41, 5.74) is 3.93. The van der Waals surface area contributed by atoms with Crippen LogP contribution < -0.4 is 10.2 Å². The van der Waals surface area contributed by atoms with E-state index >= 15 is 0 Å². The number of benzene rings is 1. The number of anilines is 2. The summed E-state index contributed by atoms with van der Waals surface area (Å²) >= 11 is 3.53. The molecule has 0 spiro atoms. The van der Waals surface area contributed by atoms with Crippen LogP contribution in [0.25, 0.3) is 0 Å². The van der Waals surface area contributed by atoms with Gasteiger partial charge in [-0.1, -0.05) is 32.0 Å². The number of hydrogen-bond acceptors (Lipinski definition) is 3. The minimum Gasteiger partial charge on any atom is -0.326 e. The number of para-hydroxylation sites is 1. The predicted molar refractivity (Wildman–Crippen MR) is 91.1 cm³/mol. The van der Waals surface area contributed by atoms with Gasteiger partial charge in [0.25, 0.3) is 0 Å². The average Bonchev–Trinajstić information content (AvgIpc) is 2.89. The number of aromatic nitrogens is 1. The number of hydrogen-bond donors (Lipinski definition) is 1. The van der Waals surface area contributed by atoms with Gasteiger partial charge in [-0.15, -0.1) is 0 Å². The highest BCUT2D eigenvalue weighted by Crippen LogP contribution is 2.35. The Morgan fingerprint density at radius 1 is 1.33 bits per heavy atom. The van der Waals surface area contributed by atoms with Gasteiger partial charge in [0.15, 0.2) is 0 Å². The van der Waals surface area contributed by atoms with Gasteiger partial charge in [0.1, 0.15) is 5.82 Å². The first-order valence-electron chi connectivity index (χ1n) is 7.38. The predicted octanol–water partition coefficient (Wildman–Crippen LogP) is 4.04. The molecule has 2 heterocycles. The molecule has 0 aliphatic carbocycles. The van der Waals surface area contributed by atoms with E-state index in [9.17, 15) is 0 Å². The van der Waals surface area contributed by atoms with Gasteiger partial charge in [0, 0.05) is 41.1 Å². The smallest absolute Gasteiger partial charge is 0.137 e. The molecular formula is C17H20BrN3. The van der Waals surface area contributed by atoms with E-state index in [2.05, 4.69) is 75.3 Å². The van der Waals surface area contributed by atoms with Gasteiger partial charge in [-0.3, -0.25) is 0 Å². The summed E-state index contributed by atoms with van der Waals surface area (Å²) in [7, 11) is 0. The molecule has 2 aromatic rings. The third-order valence-corrected chi connectivity index (χ3v) is 4.19. The van der Waals surface area contributed by atoms with Gasteiger partial charge in [-0.05, 0) is 40.0 Å². The summed E-state index contributed by atoms with van der Waals surface area (Å²) in [6.07, 6.45) is 2.97.